The van der Waals surface area contributed by atoms with Crippen LogP contribution in [0.15, 0.2) is 29.1 Å². The number of H-pyrrole nitrogens is 1. The van der Waals surface area contributed by atoms with E-state index in [1.54, 1.807) is 13.2 Å². The molecule has 0 saturated carbocycles. The van der Waals surface area contributed by atoms with Crippen molar-refractivity contribution in [2.75, 3.05) is 26.9 Å². The van der Waals surface area contributed by atoms with Gasteiger partial charge in [-0.3, -0.25) is 9.59 Å². The predicted octanol–water partition coefficient (Wildman–Crippen LogP) is 2.11. The first kappa shape index (κ1) is 17.5. The Morgan fingerprint density at radius 1 is 1.36 bits per heavy atom. The Morgan fingerprint density at radius 2 is 2.16 bits per heavy atom. The molecule has 1 aliphatic heterocycles. The van der Waals surface area contributed by atoms with E-state index < -0.39 is 0 Å². The normalized spacial score (nSPS) is 16.8. The molecule has 0 atom stereocenters. The van der Waals surface area contributed by atoms with Crippen molar-refractivity contribution < 1.29 is 14.3 Å². The van der Waals surface area contributed by atoms with Gasteiger partial charge < -0.3 is 19.4 Å². The lowest BCUT2D eigenvalue weighted by Crippen LogP contribution is -2.55. The van der Waals surface area contributed by atoms with Gasteiger partial charge in [-0.1, -0.05) is 0 Å². The Balaban J connectivity index is 1.75. The lowest BCUT2D eigenvalue weighted by molar-refractivity contribution is -0.146. The zero-order valence-electron chi connectivity index (χ0n) is 14.9. The van der Waals surface area contributed by atoms with Crippen LogP contribution in [0.5, 0.6) is 5.75 Å². The van der Waals surface area contributed by atoms with E-state index in [4.69, 9.17) is 9.47 Å². The van der Waals surface area contributed by atoms with Crippen LogP contribution in [0, 0.1) is 0 Å². The maximum absolute atomic E-state index is 12.6. The van der Waals surface area contributed by atoms with Crippen molar-refractivity contribution in [3.05, 3.63) is 40.2 Å². The average molecular weight is 344 g/mol. The van der Waals surface area contributed by atoms with E-state index in [1.165, 1.54) is 0 Å². The minimum absolute atomic E-state index is 0.0579. The van der Waals surface area contributed by atoms with Gasteiger partial charge in [0.25, 0.3) is 5.56 Å². The van der Waals surface area contributed by atoms with Crippen LogP contribution < -0.4 is 10.3 Å². The van der Waals surface area contributed by atoms with Gasteiger partial charge in [0, 0.05) is 24.6 Å². The summed E-state index contributed by atoms with van der Waals surface area (Å²) in [5.74, 6) is 0.753. The number of benzene rings is 1. The quantitative estimate of drug-likeness (QED) is 0.922. The summed E-state index contributed by atoms with van der Waals surface area (Å²) in [4.78, 5) is 29.6. The van der Waals surface area contributed by atoms with Crippen LogP contribution in [0.4, 0.5) is 0 Å². The van der Waals surface area contributed by atoms with E-state index in [0.717, 1.165) is 10.9 Å². The third-order valence-corrected chi connectivity index (χ3v) is 4.68. The highest BCUT2D eigenvalue weighted by atomic mass is 16.5. The molecule has 0 unspecified atom stereocenters. The van der Waals surface area contributed by atoms with Crippen molar-refractivity contribution in [3.8, 4) is 5.75 Å². The van der Waals surface area contributed by atoms with Crippen molar-refractivity contribution in [1.82, 2.24) is 9.88 Å². The number of carbonyl (C=O) groups is 1. The zero-order chi connectivity index (χ0) is 18.0. The number of fused-ring (bicyclic) bond motifs is 1. The lowest BCUT2D eigenvalue weighted by atomic mass is 10.0. The Labute approximate surface area is 146 Å². The third-order valence-electron chi connectivity index (χ3n) is 4.68. The summed E-state index contributed by atoms with van der Waals surface area (Å²) in [7, 11) is 1.59. The highest BCUT2D eigenvalue weighted by Gasteiger charge is 2.33. The van der Waals surface area contributed by atoms with E-state index in [0.29, 0.717) is 43.9 Å². The van der Waals surface area contributed by atoms with Crippen molar-refractivity contribution in [1.29, 1.82) is 0 Å². The number of pyridine rings is 1. The third kappa shape index (κ3) is 3.69. The van der Waals surface area contributed by atoms with Crippen LogP contribution in [0.25, 0.3) is 10.9 Å². The number of aromatic amines is 1. The molecule has 134 valence electrons. The van der Waals surface area contributed by atoms with Gasteiger partial charge >= 0.3 is 0 Å². The van der Waals surface area contributed by atoms with Crippen LogP contribution in [0.3, 0.4) is 0 Å². The standard InChI is InChI=1S/C19H24N2O4/c1-19(2)12-25-9-8-21(19)17(22)7-5-14-10-13-4-6-15(24-3)11-16(13)20-18(14)23/h4,6,10-11H,5,7-9,12H2,1-3H3,(H,20,23). The molecule has 0 spiro atoms. The molecular formula is C19H24N2O4. The molecule has 1 fully saturated rings. The maximum Gasteiger partial charge on any atom is 0.251 e. The Hall–Kier alpha value is -2.34. The number of nitrogens with zero attached hydrogens (tertiary/aromatic N) is 1. The molecule has 1 N–H and O–H groups in total. The topological polar surface area (TPSA) is 71.6 Å². The van der Waals surface area contributed by atoms with Gasteiger partial charge in [-0.05, 0) is 43.9 Å². The van der Waals surface area contributed by atoms with Gasteiger partial charge in [0.1, 0.15) is 5.75 Å². The molecule has 2 aromatic rings. The van der Waals surface area contributed by atoms with Gasteiger partial charge in [0.2, 0.25) is 5.91 Å². The number of methoxy groups -OCH3 is 1. The van der Waals surface area contributed by atoms with Crippen LogP contribution in [-0.4, -0.2) is 48.2 Å². The van der Waals surface area contributed by atoms with Crippen molar-refractivity contribution >= 4 is 16.8 Å². The van der Waals surface area contributed by atoms with Crippen molar-refractivity contribution in [2.45, 2.75) is 32.2 Å². The van der Waals surface area contributed by atoms with E-state index in [9.17, 15) is 9.59 Å². The maximum atomic E-state index is 12.6. The number of amides is 1. The molecule has 3 rings (SSSR count). The van der Waals surface area contributed by atoms with Gasteiger partial charge in [-0.2, -0.15) is 0 Å². The second-order valence-electron chi connectivity index (χ2n) is 6.99. The Bertz CT molecular complexity index is 841. The minimum atomic E-state index is -0.304. The molecular weight excluding hydrogens is 320 g/mol. The lowest BCUT2D eigenvalue weighted by Gasteiger charge is -2.42. The summed E-state index contributed by atoms with van der Waals surface area (Å²) in [6, 6.07) is 7.40. The number of hydrogen-bond acceptors (Lipinski definition) is 4. The van der Waals surface area contributed by atoms with Crippen LogP contribution in [-0.2, 0) is 16.0 Å². The van der Waals surface area contributed by atoms with E-state index in [-0.39, 0.29) is 17.0 Å². The molecule has 1 aliphatic rings. The van der Waals surface area contributed by atoms with Gasteiger partial charge in [-0.25, -0.2) is 0 Å². The van der Waals surface area contributed by atoms with Crippen molar-refractivity contribution in [3.63, 3.8) is 0 Å². The van der Waals surface area contributed by atoms with E-state index in [1.807, 2.05) is 36.9 Å². The smallest absolute Gasteiger partial charge is 0.251 e. The van der Waals surface area contributed by atoms with Crippen LogP contribution >= 0.6 is 0 Å². The molecule has 6 nitrogen and oxygen atoms in total. The zero-order valence-corrected chi connectivity index (χ0v) is 14.9. The summed E-state index contributed by atoms with van der Waals surface area (Å²) in [6.07, 6.45) is 0.734. The molecule has 1 aromatic heterocycles. The van der Waals surface area contributed by atoms with Crippen molar-refractivity contribution in [2.24, 2.45) is 0 Å². The number of nitrogens with one attached hydrogen (secondary N) is 1. The highest BCUT2D eigenvalue weighted by molar-refractivity contribution is 5.81. The van der Waals surface area contributed by atoms with Crippen LogP contribution in [0.2, 0.25) is 0 Å². The van der Waals surface area contributed by atoms with Gasteiger partial charge in [-0.15, -0.1) is 0 Å². The fourth-order valence-corrected chi connectivity index (χ4v) is 3.24. The average Bonchev–Trinajstić information content (AvgIpc) is 2.58. The molecule has 25 heavy (non-hydrogen) atoms. The SMILES string of the molecule is COc1ccc2cc(CCC(=O)N3CCOCC3(C)C)c(=O)[nH]c2c1. The molecule has 0 bridgehead atoms. The number of ether oxygens (including phenoxy) is 2. The second kappa shape index (κ2) is 6.88. The number of aryl methyl sites for hydroxylation is 1. The first-order valence-corrected chi connectivity index (χ1v) is 8.49. The number of hydrogen-bond donors (Lipinski definition) is 1. The minimum Gasteiger partial charge on any atom is -0.497 e. The largest absolute Gasteiger partial charge is 0.497 e. The molecule has 2 heterocycles. The molecule has 6 heteroatoms. The fraction of sp³-hybridized carbons (Fsp3) is 0.474. The van der Waals surface area contributed by atoms with Crippen LogP contribution in [0.1, 0.15) is 25.8 Å². The fourth-order valence-electron chi connectivity index (χ4n) is 3.24. The first-order valence-electron chi connectivity index (χ1n) is 8.49. The number of carbonyl (C=O) groups excluding carboxylic acids is 1. The molecule has 0 aliphatic carbocycles. The summed E-state index contributed by atoms with van der Waals surface area (Å²) in [5, 5.41) is 0.926. The molecule has 1 saturated heterocycles. The summed E-state index contributed by atoms with van der Waals surface area (Å²) >= 11 is 0. The predicted molar refractivity (Wildman–Crippen MR) is 96.1 cm³/mol. The molecule has 1 amide bonds. The number of rotatable bonds is 4. The monoisotopic (exact) mass is 344 g/mol. The Morgan fingerprint density at radius 3 is 2.88 bits per heavy atom. The Kier molecular flexibility index (Phi) is 4.81. The van der Waals surface area contributed by atoms with Gasteiger partial charge in [0.05, 0.1) is 31.4 Å². The highest BCUT2D eigenvalue weighted by Crippen LogP contribution is 2.21. The molecule has 1 aromatic carbocycles. The summed E-state index contributed by atoms with van der Waals surface area (Å²) in [6.45, 7) is 5.70. The second-order valence-corrected chi connectivity index (χ2v) is 6.99. The molecule has 0 radical (unpaired) electrons. The van der Waals surface area contributed by atoms with Gasteiger partial charge in [0.15, 0.2) is 0 Å². The summed E-state index contributed by atoms with van der Waals surface area (Å²) < 4.78 is 10.6. The summed E-state index contributed by atoms with van der Waals surface area (Å²) in [5.41, 5.74) is 0.891. The number of morpholine rings is 1. The number of aromatic nitrogens is 1. The van der Waals surface area contributed by atoms with E-state index >= 15 is 0 Å². The van der Waals surface area contributed by atoms with E-state index in [2.05, 4.69) is 4.98 Å². The first-order chi connectivity index (χ1) is 11.9.